The summed E-state index contributed by atoms with van der Waals surface area (Å²) in [6, 6.07) is 9.81. The van der Waals surface area contributed by atoms with E-state index in [-0.39, 0.29) is 24.4 Å². The zero-order valence-corrected chi connectivity index (χ0v) is 14.6. The summed E-state index contributed by atoms with van der Waals surface area (Å²) in [5.74, 6) is 0.186. The number of aromatic nitrogens is 1. The quantitative estimate of drug-likeness (QED) is 0.898. The van der Waals surface area contributed by atoms with Crippen LogP contribution in [0.2, 0.25) is 0 Å². The fourth-order valence-corrected chi connectivity index (χ4v) is 3.62. The lowest BCUT2D eigenvalue weighted by atomic mass is 10.2. The summed E-state index contributed by atoms with van der Waals surface area (Å²) in [5, 5.41) is 0.578. The van der Waals surface area contributed by atoms with Gasteiger partial charge in [0.05, 0.1) is 6.04 Å². The Morgan fingerprint density at radius 2 is 2.13 bits per heavy atom. The number of carbonyl (C=O) groups excluding carboxylic acids is 1. The first-order chi connectivity index (χ1) is 10.7. The molecule has 0 bridgehead atoms. The van der Waals surface area contributed by atoms with E-state index < -0.39 is 0 Å². The van der Waals surface area contributed by atoms with Gasteiger partial charge >= 0.3 is 0 Å². The highest BCUT2D eigenvalue weighted by Gasteiger charge is 2.36. The van der Waals surface area contributed by atoms with Crippen LogP contribution in [0.1, 0.15) is 18.2 Å². The van der Waals surface area contributed by atoms with Crippen LogP contribution < -0.4 is 10.6 Å². The van der Waals surface area contributed by atoms with Gasteiger partial charge in [-0.05, 0) is 25.1 Å². The summed E-state index contributed by atoms with van der Waals surface area (Å²) in [7, 11) is 0. The molecular weight excluding hydrogens is 332 g/mol. The smallest absolute Gasteiger partial charge is 0.244 e. The standard InChI is InChI=1S/C16H20N4OS.ClH/c1-2-19(11-13-10-18-16(17)22-13)14-8-9-20(15(14)21)12-6-4-3-5-7-12;/h3-7,10,14H,2,8-9,11H2,1H3,(H2,17,18);1H. The van der Waals surface area contributed by atoms with E-state index in [9.17, 15) is 4.79 Å². The van der Waals surface area contributed by atoms with Crippen molar-refractivity contribution in [3.63, 3.8) is 0 Å². The van der Waals surface area contributed by atoms with E-state index in [0.29, 0.717) is 5.13 Å². The molecule has 1 aliphatic rings. The van der Waals surface area contributed by atoms with Gasteiger partial charge in [0.25, 0.3) is 0 Å². The molecule has 3 rings (SSSR count). The van der Waals surface area contributed by atoms with Crippen molar-refractivity contribution in [2.24, 2.45) is 0 Å². The highest BCUT2D eigenvalue weighted by atomic mass is 35.5. The van der Waals surface area contributed by atoms with Crippen LogP contribution in [0.15, 0.2) is 36.5 Å². The Hall–Kier alpha value is -1.63. The topological polar surface area (TPSA) is 62.5 Å². The van der Waals surface area contributed by atoms with Gasteiger partial charge in [-0.3, -0.25) is 9.69 Å². The molecule has 23 heavy (non-hydrogen) atoms. The lowest BCUT2D eigenvalue weighted by Gasteiger charge is -2.26. The van der Waals surface area contributed by atoms with E-state index in [4.69, 9.17) is 5.73 Å². The Balaban J connectivity index is 0.00000192. The van der Waals surface area contributed by atoms with Crippen molar-refractivity contribution in [2.75, 3.05) is 23.7 Å². The number of carbonyl (C=O) groups is 1. The molecule has 1 aromatic heterocycles. The molecule has 0 spiro atoms. The van der Waals surface area contributed by atoms with Crippen LogP contribution in [-0.2, 0) is 11.3 Å². The van der Waals surface area contributed by atoms with Gasteiger partial charge in [0.2, 0.25) is 5.91 Å². The number of rotatable bonds is 5. The molecule has 7 heteroatoms. The Kier molecular flexibility index (Phi) is 5.98. The van der Waals surface area contributed by atoms with Crippen molar-refractivity contribution in [3.05, 3.63) is 41.4 Å². The minimum atomic E-state index is -0.0615. The van der Waals surface area contributed by atoms with Crippen LogP contribution in [0.25, 0.3) is 0 Å². The number of hydrogen-bond acceptors (Lipinski definition) is 5. The maximum atomic E-state index is 12.7. The Labute approximate surface area is 146 Å². The Bertz CT molecular complexity index is 649. The molecule has 1 aromatic carbocycles. The van der Waals surface area contributed by atoms with E-state index >= 15 is 0 Å². The molecule has 1 unspecified atom stereocenters. The third kappa shape index (κ3) is 3.83. The second-order valence-electron chi connectivity index (χ2n) is 5.36. The van der Waals surface area contributed by atoms with Gasteiger partial charge in [0, 0.05) is 29.9 Å². The molecule has 5 nitrogen and oxygen atoms in total. The number of benzene rings is 1. The van der Waals surface area contributed by atoms with Gasteiger partial charge in [-0.2, -0.15) is 0 Å². The number of nitrogens with zero attached hydrogens (tertiary/aromatic N) is 3. The van der Waals surface area contributed by atoms with Crippen molar-refractivity contribution in [1.29, 1.82) is 0 Å². The van der Waals surface area contributed by atoms with E-state index in [2.05, 4.69) is 16.8 Å². The van der Waals surface area contributed by atoms with Crippen LogP contribution in [0.5, 0.6) is 0 Å². The summed E-state index contributed by atoms with van der Waals surface area (Å²) in [4.78, 5) is 22.0. The number of nitrogen functional groups attached to an aromatic ring is 1. The van der Waals surface area contributed by atoms with Gasteiger partial charge in [-0.25, -0.2) is 4.98 Å². The summed E-state index contributed by atoms with van der Waals surface area (Å²) < 4.78 is 0. The predicted molar refractivity (Wildman–Crippen MR) is 97.1 cm³/mol. The van der Waals surface area contributed by atoms with Crippen LogP contribution in [0.3, 0.4) is 0 Å². The number of amides is 1. The minimum absolute atomic E-state index is 0. The van der Waals surface area contributed by atoms with Crippen molar-refractivity contribution in [3.8, 4) is 0 Å². The highest BCUT2D eigenvalue weighted by Crippen LogP contribution is 2.26. The molecule has 1 amide bonds. The lowest BCUT2D eigenvalue weighted by Crippen LogP contribution is -2.41. The van der Waals surface area contributed by atoms with E-state index in [1.54, 1.807) is 6.20 Å². The van der Waals surface area contributed by atoms with Crippen molar-refractivity contribution < 1.29 is 4.79 Å². The molecule has 1 aliphatic heterocycles. The highest BCUT2D eigenvalue weighted by molar-refractivity contribution is 7.15. The fourth-order valence-electron chi connectivity index (χ4n) is 2.91. The van der Waals surface area contributed by atoms with Crippen molar-refractivity contribution >= 4 is 40.5 Å². The van der Waals surface area contributed by atoms with Crippen LogP contribution in [-0.4, -0.2) is 34.9 Å². The third-order valence-electron chi connectivity index (χ3n) is 4.02. The number of likely N-dealkylation sites (N-methyl/N-ethyl adjacent to an activating group) is 1. The van der Waals surface area contributed by atoms with Gasteiger partial charge in [0.15, 0.2) is 5.13 Å². The van der Waals surface area contributed by atoms with Gasteiger partial charge < -0.3 is 10.6 Å². The Morgan fingerprint density at radius 3 is 2.74 bits per heavy atom. The van der Waals surface area contributed by atoms with E-state index in [1.807, 2.05) is 35.2 Å². The first-order valence-corrected chi connectivity index (χ1v) is 8.31. The molecule has 2 N–H and O–H groups in total. The predicted octanol–water partition coefficient (Wildman–Crippen LogP) is 2.77. The Morgan fingerprint density at radius 1 is 1.39 bits per heavy atom. The number of thiazole rings is 1. The summed E-state index contributed by atoms with van der Waals surface area (Å²) >= 11 is 1.49. The molecule has 0 aliphatic carbocycles. The van der Waals surface area contributed by atoms with Gasteiger partial charge in [-0.15, -0.1) is 23.7 Å². The van der Waals surface area contributed by atoms with Gasteiger partial charge in [-0.1, -0.05) is 25.1 Å². The largest absolute Gasteiger partial charge is 0.375 e. The minimum Gasteiger partial charge on any atom is -0.375 e. The van der Waals surface area contributed by atoms with E-state index in [0.717, 1.165) is 36.6 Å². The SMILES string of the molecule is CCN(Cc1cnc(N)s1)C1CCN(c2ccccc2)C1=O.Cl. The number of hydrogen-bond donors (Lipinski definition) is 1. The van der Waals surface area contributed by atoms with Crippen LogP contribution in [0.4, 0.5) is 10.8 Å². The number of anilines is 2. The zero-order chi connectivity index (χ0) is 15.5. The van der Waals surface area contributed by atoms with Crippen molar-refractivity contribution in [1.82, 2.24) is 9.88 Å². The molecule has 1 saturated heterocycles. The third-order valence-corrected chi connectivity index (χ3v) is 4.83. The average molecular weight is 353 g/mol. The van der Waals surface area contributed by atoms with E-state index in [1.165, 1.54) is 11.3 Å². The zero-order valence-electron chi connectivity index (χ0n) is 13.0. The molecule has 2 heterocycles. The summed E-state index contributed by atoms with van der Waals surface area (Å²) in [6.07, 6.45) is 2.66. The first kappa shape index (κ1) is 17.7. The van der Waals surface area contributed by atoms with Gasteiger partial charge in [0.1, 0.15) is 0 Å². The second-order valence-corrected chi connectivity index (χ2v) is 6.50. The number of nitrogens with two attached hydrogens (primary N) is 1. The first-order valence-electron chi connectivity index (χ1n) is 7.49. The maximum absolute atomic E-state index is 12.7. The number of para-hydroxylation sites is 1. The van der Waals surface area contributed by atoms with Crippen LogP contribution in [0, 0.1) is 0 Å². The maximum Gasteiger partial charge on any atom is 0.244 e. The molecule has 124 valence electrons. The monoisotopic (exact) mass is 352 g/mol. The molecule has 0 radical (unpaired) electrons. The summed E-state index contributed by atoms with van der Waals surface area (Å²) in [6.45, 7) is 4.42. The summed E-state index contributed by atoms with van der Waals surface area (Å²) in [5.41, 5.74) is 6.67. The molecular formula is C16H21ClN4OS. The molecule has 2 aromatic rings. The molecule has 0 saturated carbocycles. The molecule has 1 fully saturated rings. The molecule has 1 atom stereocenters. The van der Waals surface area contributed by atoms with Crippen LogP contribution >= 0.6 is 23.7 Å². The number of halogens is 1. The lowest BCUT2D eigenvalue weighted by molar-refractivity contribution is -0.121. The second kappa shape index (κ2) is 7.77. The normalized spacial score (nSPS) is 17.6. The van der Waals surface area contributed by atoms with Crippen molar-refractivity contribution in [2.45, 2.75) is 25.9 Å². The average Bonchev–Trinajstić information content (AvgIpc) is 3.12. The fraction of sp³-hybridized carbons (Fsp3) is 0.375.